The van der Waals surface area contributed by atoms with E-state index in [0.29, 0.717) is 71.9 Å². The van der Waals surface area contributed by atoms with Crippen LogP contribution < -0.4 is 10.6 Å². The van der Waals surface area contributed by atoms with Crippen LogP contribution in [0.15, 0.2) is 18.2 Å². The minimum absolute atomic E-state index is 0.0125. The molecule has 2 N–H and O–H groups in total. The second-order valence-corrected chi connectivity index (χ2v) is 9.71. The Balaban J connectivity index is 1.22. The Morgan fingerprint density at radius 2 is 1.33 bits per heavy atom. The SMILES string of the molecule is O=C1CCC(N2C(=O)c3cccc(NC(=O)CCOCCOCCOCCOCCOCCOCCCl)c3C2=O)C(=O)N1. The lowest BCUT2D eigenvalue weighted by Gasteiger charge is -2.27. The van der Waals surface area contributed by atoms with Crippen LogP contribution in [0, 0.1) is 0 Å². The van der Waals surface area contributed by atoms with Gasteiger partial charge in [0.25, 0.3) is 11.8 Å². The Kier molecular flexibility index (Phi) is 15.5. The minimum atomic E-state index is -1.08. The highest BCUT2D eigenvalue weighted by atomic mass is 35.5. The Morgan fingerprint density at radius 1 is 0.791 bits per heavy atom. The summed E-state index contributed by atoms with van der Waals surface area (Å²) in [7, 11) is 0. The summed E-state index contributed by atoms with van der Waals surface area (Å²) < 4.78 is 32.2. The minimum Gasteiger partial charge on any atom is -0.379 e. The first kappa shape index (κ1) is 34.5. The number of anilines is 1. The number of carbonyl (C=O) groups excluding carboxylic acids is 5. The number of benzene rings is 1. The lowest BCUT2D eigenvalue weighted by atomic mass is 10.0. The number of nitrogens with one attached hydrogen (secondary N) is 2. The van der Waals surface area contributed by atoms with Crippen molar-refractivity contribution >= 4 is 46.8 Å². The predicted molar refractivity (Wildman–Crippen MR) is 152 cm³/mol. The summed E-state index contributed by atoms with van der Waals surface area (Å²) in [5, 5.41) is 4.80. The number of nitrogens with zero attached hydrogens (tertiary/aromatic N) is 1. The van der Waals surface area contributed by atoms with Gasteiger partial charge in [-0.15, -0.1) is 11.6 Å². The van der Waals surface area contributed by atoms with Gasteiger partial charge >= 0.3 is 0 Å². The molecule has 43 heavy (non-hydrogen) atoms. The average molecular weight is 628 g/mol. The van der Waals surface area contributed by atoms with Crippen LogP contribution in [0.4, 0.5) is 5.69 Å². The summed E-state index contributed by atoms with van der Waals surface area (Å²) in [5.41, 5.74) is 0.271. The van der Waals surface area contributed by atoms with E-state index in [-0.39, 0.29) is 49.3 Å². The van der Waals surface area contributed by atoms with E-state index in [0.717, 1.165) is 4.90 Å². The fourth-order valence-corrected chi connectivity index (χ4v) is 4.36. The Labute approximate surface area is 254 Å². The van der Waals surface area contributed by atoms with Crippen LogP contribution in [0.3, 0.4) is 0 Å². The van der Waals surface area contributed by atoms with E-state index in [2.05, 4.69) is 10.6 Å². The molecule has 2 aliphatic rings. The summed E-state index contributed by atoms with van der Waals surface area (Å²) in [4.78, 5) is 63.1. The molecule has 5 amide bonds. The van der Waals surface area contributed by atoms with Crippen molar-refractivity contribution in [3.8, 4) is 0 Å². The quantitative estimate of drug-likeness (QED) is 0.106. The number of carbonyl (C=O) groups is 5. The van der Waals surface area contributed by atoms with E-state index in [1.807, 2.05) is 0 Å². The fraction of sp³-hybridized carbons (Fsp3) is 0.607. The van der Waals surface area contributed by atoms with E-state index in [1.54, 1.807) is 0 Å². The van der Waals surface area contributed by atoms with Gasteiger partial charge in [-0.05, 0) is 18.6 Å². The van der Waals surface area contributed by atoms with Crippen molar-refractivity contribution < 1.29 is 52.4 Å². The third-order valence-electron chi connectivity index (χ3n) is 6.30. The third-order valence-corrected chi connectivity index (χ3v) is 6.45. The van der Waals surface area contributed by atoms with Crippen LogP contribution in [0.2, 0.25) is 0 Å². The number of amides is 5. The smallest absolute Gasteiger partial charge is 0.264 e. The lowest BCUT2D eigenvalue weighted by Crippen LogP contribution is -2.54. The van der Waals surface area contributed by atoms with Gasteiger partial charge in [0.15, 0.2) is 0 Å². The van der Waals surface area contributed by atoms with Gasteiger partial charge < -0.3 is 33.7 Å². The molecule has 1 aromatic carbocycles. The van der Waals surface area contributed by atoms with E-state index in [4.69, 9.17) is 40.0 Å². The monoisotopic (exact) mass is 627 g/mol. The number of hydrogen-bond acceptors (Lipinski definition) is 11. The van der Waals surface area contributed by atoms with Crippen LogP contribution in [0.5, 0.6) is 0 Å². The van der Waals surface area contributed by atoms with Crippen molar-refractivity contribution in [3.63, 3.8) is 0 Å². The molecule has 0 bridgehead atoms. The number of rotatable bonds is 22. The number of imide groups is 2. The summed E-state index contributed by atoms with van der Waals surface area (Å²) in [6, 6.07) is 3.42. The summed E-state index contributed by atoms with van der Waals surface area (Å²) in [6.45, 7) is 4.88. The highest BCUT2D eigenvalue weighted by Gasteiger charge is 2.45. The van der Waals surface area contributed by atoms with Crippen molar-refractivity contribution in [3.05, 3.63) is 29.3 Å². The Hall–Kier alpha value is -2.98. The molecule has 1 atom stereocenters. The number of piperidine rings is 1. The zero-order valence-corrected chi connectivity index (χ0v) is 24.7. The number of ether oxygens (including phenoxy) is 6. The largest absolute Gasteiger partial charge is 0.379 e. The van der Waals surface area contributed by atoms with Crippen LogP contribution in [-0.4, -0.2) is 126 Å². The van der Waals surface area contributed by atoms with Gasteiger partial charge in [0.2, 0.25) is 17.7 Å². The highest BCUT2D eigenvalue weighted by Crippen LogP contribution is 2.32. The normalized spacial score (nSPS) is 16.5. The highest BCUT2D eigenvalue weighted by molar-refractivity contribution is 6.26. The van der Waals surface area contributed by atoms with Crippen molar-refractivity contribution in [1.82, 2.24) is 10.2 Å². The van der Waals surface area contributed by atoms with Crippen LogP contribution in [-0.2, 0) is 42.8 Å². The van der Waals surface area contributed by atoms with E-state index < -0.39 is 35.6 Å². The second-order valence-electron chi connectivity index (χ2n) is 9.34. The van der Waals surface area contributed by atoms with Crippen molar-refractivity contribution in [2.24, 2.45) is 0 Å². The molecule has 0 saturated carbocycles. The second kappa shape index (κ2) is 19.3. The first-order chi connectivity index (χ1) is 20.9. The fourth-order valence-electron chi connectivity index (χ4n) is 4.25. The lowest BCUT2D eigenvalue weighted by molar-refractivity contribution is -0.136. The molecular weight excluding hydrogens is 590 g/mol. The van der Waals surface area contributed by atoms with Gasteiger partial charge in [0, 0.05) is 12.3 Å². The molecule has 15 heteroatoms. The molecule has 0 aromatic heterocycles. The zero-order chi connectivity index (χ0) is 30.9. The average Bonchev–Trinajstić information content (AvgIpc) is 3.24. The van der Waals surface area contributed by atoms with E-state index in [9.17, 15) is 24.0 Å². The van der Waals surface area contributed by atoms with Crippen LogP contribution >= 0.6 is 11.6 Å². The summed E-state index contributed by atoms with van der Waals surface area (Å²) >= 11 is 5.50. The molecule has 3 rings (SSSR count). The number of hydrogen-bond donors (Lipinski definition) is 2. The molecule has 0 aliphatic carbocycles. The maximum absolute atomic E-state index is 13.1. The number of halogens is 1. The van der Waals surface area contributed by atoms with Gasteiger partial charge in [0.1, 0.15) is 6.04 Å². The number of fused-ring (bicyclic) bond motifs is 1. The summed E-state index contributed by atoms with van der Waals surface area (Å²) in [5.74, 6) is -2.43. The molecule has 1 fully saturated rings. The maximum Gasteiger partial charge on any atom is 0.264 e. The van der Waals surface area contributed by atoms with Gasteiger partial charge in [-0.2, -0.15) is 0 Å². The van der Waals surface area contributed by atoms with E-state index in [1.165, 1.54) is 18.2 Å². The Bertz CT molecular complexity index is 1100. The molecule has 238 valence electrons. The van der Waals surface area contributed by atoms with Crippen molar-refractivity contribution in [2.75, 3.05) is 90.5 Å². The molecule has 0 radical (unpaired) electrons. The van der Waals surface area contributed by atoms with Crippen LogP contribution in [0.1, 0.15) is 40.0 Å². The van der Waals surface area contributed by atoms with Gasteiger partial charge in [-0.3, -0.25) is 34.2 Å². The molecule has 1 saturated heterocycles. The third kappa shape index (κ3) is 11.2. The first-order valence-electron chi connectivity index (χ1n) is 14.1. The van der Waals surface area contributed by atoms with E-state index >= 15 is 0 Å². The topological polar surface area (TPSA) is 168 Å². The maximum atomic E-state index is 13.1. The molecule has 1 unspecified atom stereocenters. The molecule has 14 nitrogen and oxygen atoms in total. The standard InChI is InChI=1S/C28H38ClN3O11/c29-7-9-39-11-13-41-15-17-43-19-18-42-16-14-40-12-10-38-8-6-24(34)30-21-3-1-2-20-25(21)28(37)32(27(20)36)22-4-5-23(33)31-26(22)35/h1-3,22H,4-19H2,(H,30,34)(H,31,33,35). The predicted octanol–water partition coefficient (Wildman–Crippen LogP) is 0.755. The molecule has 0 spiro atoms. The number of alkyl halides is 1. The Morgan fingerprint density at radius 3 is 1.86 bits per heavy atom. The van der Waals surface area contributed by atoms with Crippen LogP contribution in [0.25, 0.3) is 0 Å². The first-order valence-corrected chi connectivity index (χ1v) is 14.6. The van der Waals surface area contributed by atoms with Gasteiger partial charge in [-0.25, -0.2) is 0 Å². The molecule has 2 heterocycles. The van der Waals surface area contributed by atoms with Crippen molar-refractivity contribution in [1.29, 1.82) is 0 Å². The summed E-state index contributed by atoms with van der Waals surface area (Å²) in [6.07, 6.45) is 0.0794. The van der Waals surface area contributed by atoms with Gasteiger partial charge in [0.05, 0.1) is 103 Å². The van der Waals surface area contributed by atoms with Gasteiger partial charge in [-0.1, -0.05) is 6.07 Å². The molecule has 2 aliphatic heterocycles. The zero-order valence-electron chi connectivity index (χ0n) is 23.9. The molecular formula is C28H38ClN3O11. The van der Waals surface area contributed by atoms with Crippen molar-refractivity contribution in [2.45, 2.75) is 25.3 Å². The molecule has 1 aromatic rings.